The van der Waals surface area contributed by atoms with Crippen molar-refractivity contribution in [2.75, 3.05) is 32.7 Å². The van der Waals surface area contributed by atoms with Crippen molar-refractivity contribution in [3.63, 3.8) is 0 Å². The van der Waals surface area contributed by atoms with Gasteiger partial charge in [0.1, 0.15) is 11.9 Å². The van der Waals surface area contributed by atoms with E-state index in [1.807, 2.05) is 31.2 Å². The fourth-order valence-electron chi connectivity index (χ4n) is 4.99. The smallest absolute Gasteiger partial charge is 0.137 e. The van der Waals surface area contributed by atoms with Gasteiger partial charge < -0.3 is 10.1 Å². The number of aryl methyl sites for hydroxylation is 1. The molecule has 1 aliphatic heterocycles. The molecule has 1 atom stereocenters. The number of benzene rings is 3. The Morgan fingerprint density at radius 3 is 2.11 bits per heavy atom. The Labute approximate surface area is 212 Å². The molecular formula is C29H31ClN4O. The van der Waals surface area contributed by atoms with Crippen molar-refractivity contribution in [3.8, 4) is 11.4 Å². The van der Waals surface area contributed by atoms with E-state index in [0.717, 1.165) is 43.3 Å². The number of H-pyrrole nitrogens is 1. The normalized spacial score (nSPS) is 16.0. The Bertz CT molecular complexity index is 1200. The van der Waals surface area contributed by atoms with E-state index in [1.54, 1.807) is 0 Å². The molecule has 1 aliphatic rings. The fraction of sp³-hybridized carbons (Fsp3) is 0.276. The Morgan fingerprint density at radius 2 is 1.51 bits per heavy atom. The Hall–Kier alpha value is -2.96. The molecule has 180 valence electrons. The highest BCUT2D eigenvalue weighted by molar-refractivity contribution is 6.30. The van der Waals surface area contributed by atoms with Crippen LogP contribution in [-0.2, 0) is 0 Å². The van der Waals surface area contributed by atoms with Crippen LogP contribution in [0.4, 0.5) is 0 Å². The van der Waals surface area contributed by atoms with E-state index in [9.17, 15) is 5.11 Å². The third kappa shape index (κ3) is 5.49. The van der Waals surface area contributed by atoms with Crippen molar-refractivity contribution < 1.29 is 5.11 Å². The van der Waals surface area contributed by atoms with Gasteiger partial charge in [-0.25, -0.2) is 4.98 Å². The first-order chi connectivity index (χ1) is 17.1. The lowest BCUT2D eigenvalue weighted by molar-refractivity contribution is 0.0606. The van der Waals surface area contributed by atoms with Gasteiger partial charge in [0.2, 0.25) is 0 Å². The summed E-state index contributed by atoms with van der Waals surface area (Å²) in [6.45, 7) is 6.20. The molecule has 1 unspecified atom stereocenters. The van der Waals surface area contributed by atoms with Crippen LogP contribution >= 0.6 is 11.6 Å². The van der Waals surface area contributed by atoms with Gasteiger partial charge in [-0.15, -0.1) is 0 Å². The topological polar surface area (TPSA) is 55.4 Å². The molecule has 3 aromatic carbocycles. The first-order valence-corrected chi connectivity index (χ1v) is 12.5. The number of halogens is 1. The molecule has 5 rings (SSSR count). The van der Waals surface area contributed by atoms with Crippen LogP contribution in [0.3, 0.4) is 0 Å². The minimum Gasteiger partial charge on any atom is -0.385 e. The maximum absolute atomic E-state index is 11.0. The molecule has 35 heavy (non-hydrogen) atoms. The first-order valence-electron chi connectivity index (χ1n) is 12.2. The molecule has 0 spiro atoms. The Morgan fingerprint density at radius 1 is 0.886 bits per heavy atom. The number of nitrogens with one attached hydrogen (secondary N) is 1. The van der Waals surface area contributed by atoms with E-state index in [1.165, 1.54) is 11.1 Å². The summed E-state index contributed by atoms with van der Waals surface area (Å²) >= 11 is 6.14. The highest BCUT2D eigenvalue weighted by Crippen LogP contribution is 2.30. The number of aromatic nitrogens is 2. The lowest BCUT2D eigenvalue weighted by Gasteiger charge is -2.40. The van der Waals surface area contributed by atoms with Crippen LogP contribution in [0.5, 0.6) is 0 Å². The van der Waals surface area contributed by atoms with Crippen molar-refractivity contribution in [1.29, 1.82) is 0 Å². The molecule has 0 amide bonds. The van der Waals surface area contributed by atoms with E-state index in [0.29, 0.717) is 17.3 Å². The van der Waals surface area contributed by atoms with Crippen molar-refractivity contribution >= 4 is 11.6 Å². The zero-order chi connectivity index (χ0) is 24.2. The predicted molar refractivity (Wildman–Crippen MR) is 141 cm³/mol. The number of nitrogens with zero attached hydrogens (tertiary/aromatic N) is 3. The van der Waals surface area contributed by atoms with Crippen LogP contribution in [0, 0.1) is 6.92 Å². The van der Waals surface area contributed by atoms with Crippen molar-refractivity contribution in [3.05, 3.63) is 112 Å². The van der Waals surface area contributed by atoms with Crippen LogP contribution in [0.1, 0.15) is 34.7 Å². The Balaban J connectivity index is 1.25. The summed E-state index contributed by atoms with van der Waals surface area (Å²) < 4.78 is 0. The standard InChI is InChI=1S/C29H31ClN4O/c1-21-27(32-29(31-21)24-13-8-14-25(30)19-24)26(35)20-33-15-17-34(18-16-33)28(22-9-4-2-5-10-22)23-11-6-3-7-12-23/h2-14,19,26,28,35H,15-18,20H2,1H3,(H,31,32). The third-order valence-electron chi connectivity index (χ3n) is 6.77. The van der Waals surface area contributed by atoms with Crippen LogP contribution < -0.4 is 0 Å². The van der Waals surface area contributed by atoms with Gasteiger partial charge in [0.05, 0.1) is 11.7 Å². The quantitative estimate of drug-likeness (QED) is 0.363. The SMILES string of the molecule is Cc1[nH]c(-c2cccc(Cl)c2)nc1C(O)CN1CCN(C(c2ccccc2)c2ccccc2)CC1. The second-order valence-corrected chi connectivity index (χ2v) is 9.62. The number of β-amino-alcohol motifs (C(OH)–C–C–N with tert-alkyl or cyclic N) is 1. The third-order valence-corrected chi connectivity index (χ3v) is 7.00. The van der Waals surface area contributed by atoms with Gasteiger partial charge >= 0.3 is 0 Å². The summed E-state index contributed by atoms with van der Waals surface area (Å²) in [5.74, 6) is 0.734. The highest BCUT2D eigenvalue weighted by atomic mass is 35.5. The molecule has 6 heteroatoms. The fourth-order valence-corrected chi connectivity index (χ4v) is 5.18. The van der Waals surface area contributed by atoms with Gasteiger partial charge in [0.15, 0.2) is 0 Å². The van der Waals surface area contributed by atoms with E-state index < -0.39 is 6.10 Å². The molecule has 1 fully saturated rings. The molecule has 1 aromatic heterocycles. The zero-order valence-corrected chi connectivity index (χ0v) is 20.7. The van der Waals surface area contributed by atoms with Crippen LogP contribution in [0.2, 0.25) is 5.02 Å². The summed E-state index contributed by atoms with van der Waals surface area (Å²) in [6, 6.07) is 29.3. The van der Waals surface area contributed by atoms with Crippen molar-refractivity contribution in [2.24, 2.45) is 0 Å². The maximum Gasteiger partial charge on any atom is 0.137 e. The van der Waals surface area contributed by atoms with Crippen LogP contribution in [-0.4, -0.2) is 57.6 Å². The molecule has 1 saturated heterocycles. The lowest BCUT2D eigenvalue weighted by Crippen LogP contribution is -2.48. The van der Waals surface area contributed by atoms with E-state index in [2.05, 4.69) is 75.4 Å². The van der Waals surface area contributed by atoms with Crippen LogP contribution in [0.25, 0.3) is 11.4 Å². The highest BCUT2D eigenvalue weighted by Gasteiger charge is 2.28. The number of hydrogen-bond acceptors (Lipinski definition) is 4. The molecule has 2 heterocycles. The average molecular weight is 487 g/mol. The van der Waals surface area contributed by atoms with Gasteiger partial charge in [-0.2, -0.15) is 0 Å². The number of imidazole rings is 1. The largest absolute Gasteiger partial charge is 0.385 e. The second kappa shape index (κ2) is 10.8. The first kappa shape index (κ1) is 23.8. The molecule has 5 nitrogen and oxygen atoms in total. The molecule has 0 radical (unpaired) electrons. The van der Waals surface area contributed by atoms with Crippen molar-refractivity contribution in [2.45, 2.75) is 19.1 Å². The summed E-state index contributed by atoms with van der Waals surface area (Å²) in [4.78, 5) is 12.9. The van der Waals surface area contributed by atoms with Crippen LogP contribution in [0.15, 0.2) is 84.9 Å². The van der Waals surface area contributed by atoms with E-state index in [-0.39, 0.29) is 6.04 Å². The number of rotatable bonds is 7. The van der Waals surface area contributed by atoms with Gasteiger partial charge in [0, 0.05) is 49.0 Å². The van der Waals surface area contributed by atoms with Crippen molar-refractivity contribution in [1.82, 2.24) is 19.8 Å². The monoisotopic (exact) mass is 486 g/mol. The minimum absolute atomic E-state index is 0.235. The molecule has 4 aromatic rings. The molecule has 0 aliphatic carbocycles. The van der Waals surface area contributed by atoms with Gasteiger partial charge in [0.25, 0.3) is 0 Å². The maximum atomic E-state index is 11.0. The molecule has 2 N–H and O–H groups in total. The number of aliphatic hydroxyl groups excluding tert-OH is 1. The van der Waals surface area contributed by atoms with Gasteiger partial charge in [-0.3, -0.25) is 9.80 Å². The lowest BCUT2D eigenvalue weighted by atomic mass is 9.96. The summed E-state index contributed by atoms with van der Waals surface area (Å²) in [7, 11) is 0. The predicted octanol–water partition coefficient (Wildman–Crippen LogP) is 5.48. The zero-order valence-electron chi connectivity index (χ0n) is 19.9. The van der Waals surface area contributed by atoms with E-state index in [4.69, 9.17) is 16.6 Å². The number of aromatic amines is 1. The minimum atomic E-state index is -0.648. The number of aliphatic hydroxyl groups is 1. The molecule has 0 saturated carbocycles. The summed E-state index contributed by atoms with van der Waals surface area (Å²) in [5, 5.41) is 11.7. The Kier molecular flexibility index (Phi) is 7.30. The molecular weight excluding hydrogens is 456 g/mol. The molecule has 0 bridgehead atoms. The number of hydrogen-bond donors (Lipinski definition) is 2. The van der Waals surface area contributed by atoms with E-state index >= 15 is 0 Å². The summed E-state index contributed by atoms with van der Waals surface area (Å²) in [5.41, 5.74) is 5.13. The summed E-state index contributed by atoms with van der Waals surface area (Å²) in [6.07, 6.45) is -0.648. The number of piperazine rings is 1. The second-order valence-electron chi connectivity index (χ2n) is 9.18. The van der Waals surface area contributed by atoms with Gasteiger partial charge in [-0.1, -0.05) is 84.4 Å². The van der Waals surface area contributed by atoms with Gasteiger partial charge in [-0.05, 0) is 30.2 Å². The average Bonchev–Trinajstić information content (AvgIpc) is 3.28.